The van der Waals surface area contributed by atoms with Gasteiger partial charge in [0.2, 0.25) is 0 Å². The molecule has 3 unspecified atom stereocenters. The molecular formula is C16H26N5O6S-. The molecule has 0 aromatic heterocycles. The highest BCUT2D eigenvalue weighted by atomic mass is 32.2. The van der Waals surface area contributed by atoms with Crippen LogP contribution in [0.15, 0.2) is 0 Å². The Labute approximate surface area is 166 Å². The molecule has 0 spiro atoms. The number of carbonyl (C=O) groups is 2. The smallest absolute Gasteiger partial charge is 0.346 e. The van der Waals surface area contributed by atoms with Crippen LogP contribution in [0.2, 0.25) is 0 Å². The number of nitrogens with zero attached hydrogens (tertiary/aromatic N) is 3. The fourth-order valence-corrected chi connectivity index (χ4v) is 4.76. The van der Waals surface area contributed by atoms with E-state index < -0.39 is 29.3 Å². The summed E-state index contributed by atoms with van der Waals surface area (Å²) in [4.78, 5) is 33.9. The lowest BCUT2D eigenvalue weighted by atomic mass is 10.0. The first-order valence-electron chi connectivity index (χ1n) is 9.76. The monoisotopic (exact) mass is 416 g/mol. The van der Waals surface area contributed by atoms with Crippen molar-refractivity contribution in [2.45, 2.75) is 43.8 Å². The number of likely N-dealkylation sites (tertiary alicyclic amines) is 1. The van der Waals surface area contributed by atoms with Crippen molar-refractivity contribution in [1.82, 2.24) is 25.7 Å². The van der Waals surface area contributed by atoms with E-state index in [0.717, 1.165) is 24.6 Å². The molecule has 2 bridgehead atoms. The maximum absolute atomic E-state index is 12.5. The summed E-state index contributed by atoms with van der Waals surface area (Å²) in [5.74, 6) is 0.215. The number of urea groups is 1. The standard InChI is InChI=1S/C16H27N5O6S/c22-15(14-3-2-13-9-20(14)16(23)21(13)27-28(24)25)18-26-10-12-6-11(7-17-12)8-19-4-1-5-19/h11-14,17H,1-10H2,(H,18,22)(H,24,25)/p-1/t11-,12+,13?,14?/m1/s1. The van der Waals surface area contributed by atoms with Crippen molar-refractivity contribution < 1.29 is 27.5 Å². The second-order valence-electron chi connectivity index (χ2n) is 7.92. The lowest BCUT2D eigenvalue weighted by Crippen LogP contribution is -2.50. The van der Waals surface area contributed by atoms with Gasteiger partial charge in [-0.3, -0.25) is 9.63 Å². The Morgan fingerprint density at radius 1 is 1.36 bits per heavy atom. The highest BCUT2D eigenvalue weighted by Crippen LogP contribution is 2.30. The molecule has 4 fully saturated rings. The van der Waals surface area contributed by atoms with Crippen LogP contribution in [-0.4, -0.2) is 93.0 Å². The molecule has 0 aromatic carbocycles. The van der Waals surface area contributed by atoms with Crippen molar-refractivity contribution in [3.05, 3.63) is 0 Å². The van der Waals surface area contributed by atoms with Gasteiger partial charge < -0.3 is 19.7 Å². The van der Waals surface area contributed by atoms with Crippen LogP contribution in [0, 0.1) is 5.92 Å². The van der Waals surface area contributed by atoms with Gasteiger partial charge >= 0.3 is 6.03 Å². The van der Waals surface area contributed by atoms with E-state index in [9.17, 15) is 18.4 Å². The number of piperidine rings is 1. The fourth-order valence-electron chi connectivity index (χ4n) is 4.45. The lowest BCUT2D eigenvalue weighted by molar-refractivity contribution is -0.139. The Bertz CT molecular complexity index is 635. The van der Waals surface area contributed by atoms with Crippen LogP contribution in [0.4, 0.5) is 4.79 Å². The first-order chi connectivity index (χ1) is 13.5. The van der Waals surface area contributed by atoms with E-state index in [2.05, 4.69) is 20.0 Å². The van der Waals surface area contributed by atoms with Gasteiger partial charge in [-0.25, -0.2) is 14.5 Å². The quantitative estimate of drug-likeness (QED) is 0.370. The van der Waals surface area contributed by atoms with Crippen molar-refractivity contribution in [2.24, 2.45) is 5.92 Å². The summed E-state index contributed by atoms with van der Waals surface area (Å²) in [6.45, 7) is 5.09. The molecule has 0 radical (unpaired) electrons. The molecule has 158 valence electrons. The molecule has 28 heavy (non-hydrogen) atoms. The van der Waals surface area contributed by atoms with Gasteiger partial charge in [-0.05, 0) is 51.2 Å². The molecular weight excluding hydrogens is 390 g/mol. The van der Waals surface area contributed by atoms with Gasteiger partial charge in [0.25, 0.3) is 5.91 Å². The van der Waals surface area contributed by atoms with E-state index in [-0.39, 0.29) is 18.6 Å². The average Bonchev–Trinajstić information content (AvgIpc) is 3.17. The van der Waals surface area contributed by atoms with Crippen molar-refractivity contribution in [2.75, 3.05) is 39.3 Å². The molecule has 3 amide bonds. The first kappa shape index (κ1) is 20.0. The largest absolute Gasteiger partial charge is 0.748 e. The predicted octanol–water partition coefficient (Wildman–Crippen LogP) is -1.29. The normalized spacial score (nSPS) is 33.8. The zero-order valence-electron chi connectivity index (χ0n) is 15.6. The molecule has 2 N–H and O–H groups in total. The average molecular weight is 416 g/mol. The minimum absolute atomic E-state index is 0.201. The number of carbonyl (C=O) groups excluding carboxylic acids is 2. The van der Waals surface area contributed by atoms with Crippen LogP contribution in [0.5, 0.6) is 0 Å². The zero-order valence-corrected chi connectivity index (χ0v) is 16.4. The summed E-state index contributed by atoms with van der Waals surface area (Å²) in [6, 6.07) is -1.46. The topological polar surface area (TPSA) is 127 Å². The predicted molar refractivity (Wildman–Crippen MR) is 95.8 cm³/mol. The maximum Gasteiger partial charge on any atom is 0.346 e. The Morgan fingerprint density at radius 2 is 2.18 bits per heavy atom. The van der Waals surface area contributed by atoms with E-state index in [0.29, 0.717) is 25.4 Å². The van der Waals surface area contributed by atoms with Gasteiger partial charge in [-0.15, -0.1) is 0 Å². The maximum atomic E-state index is 12.5. The Balaban J connectivity index is 1.19. The third-order valence-corrected chi connectivity index (χ3v) is 6.28. The summed E-state index contributed by atoms with van der Waals surface area (Å²) >= 11 is -2.82. The van der Waals surface area contributed by atoms with Gasteiger partial charge in [0.1, 0.15) is 17.4 Å². The third kappa shape index (κ3) is 4.31. The zero-order chi connectivity index (χ0) is 19.7. The van der Waals surface area contributed by atoms with Crippen LogP contribution < -0.4 is 10.8 Å². The lowest BCUT2D eigenvalue weighted by Gasteiger charge is -2.32. The molecule has 0 aliphatic carbocycles. The van der Waals surface area contributed by atoms with Crippen LogP contribution in [0.25, 0.3) is 0 Å². The molecule has 4 heterocycles. The highest BCUT2D eigenvalue weighted by molar-refractivity contribution is 7.74. The number of hydrogen-bond acceptors (Lipinski definition) is 8. The molecule has 4 rings (SSSR count). The molecule has 0 aromatic rings. The molecule has 11 nitrogen and oxygen atoms in total. The van der Waals surface area contributed by atoms with Gasteiger partial charge in [-0.1, -0.05) is 0 Å². The van der Waals surface area contributed by atoms with Gasteiger partial charge in [0.05, 0.1) is 12.6 Å². The summed E-state index contributed by atoms with van der Waals surface area (Å²) in [5.41, 5.74) is 2.45. The number of fused-ring (bicyclic) bond motifs is 2. The van der Waals surface area contributed by atoms with Crippen molar-refractivity contribution in [3.63, 3.8) is 0 Å². The molecule has 0 saturated carbocycles. The molecule has 12 heteroatoms. The Morgan fingerprint density at radius 3 is 2.89 bits per heavy atom. The van der Waals surface area contributed by atoms with E-state index in [4.69, 9.17) is 4.84 Å². The third-order valence-electron chi connectivity index (χ3n) is 6.00. The Kier molecular flexibility index (Phi) is 6.13. The molecule has 4 aliphatic rings. The summed E-state index contributed by atoms with van der Waals surface area (Å²) < 4.78 is 26.0. The fraction of sp³-hybridized carbons (Fsp3) is 0.875. The minimum Gasteiger partial charge on any atom is -0.748 e. The van der Waals surface area contributed by atoms with Crippen molar-refractivity contribution in [1.29, 1.82) is 0 Å². The summed E-state index contributed by atoms with van der Waals surface area (Å²) in [7, 11) is 0. The van der Waals surface area contributed by atoms with Crippen molar-refractivity contribution >= 4 is 23.3 Å². The van der Waals surface area contributed by atoms with E-state index >= 15 is 0 Å². The van der Waals surface area contributed by atoms with Crippen molar-refractivity contribution in [3.8, 4) is 0 Å². The number of nitrogens with one attached hydrogen (secondary N) is 2. The summed E-state index contributed by atoms with van der Waals surface area (Å²) in [6.07, 6.45) is 3.22. The van der Waals surface area contributed by atoms with Crippen LogP contribution in [0.3, 0.4) is 0 Å². The number of rotatable bonds is 8. The minimum atomic E-state index is -2.82. The second kappa shape index (κ2) is 8.59. The van der Waals surface area contributed by atoms with Crippen LogP contribution in [-0.2, 0) is 25.3 Å². The number of hydrogen-bond donors (Lipinski definition) is 2. The van der Waals surface area contributed by atoms with Gasteiger partial charge in [0.15, 0.2) is 0 Å². The first-order valence-corrected chi connectivity index (χ1v) is 10.8. The van der Waals surface area contributed by atoms with Gasteiger partial charge in [0, 0.05) is 19.1 Å². The summed E-state index contributed by atoms with van der Waals surface area (Å²) in [5, 5.41) is 4.25. The SMILES string of the molecule is O=C(NOC[C@@H]1C[C@@H](CN2CCC2)CN1)C1CCC2CN1C(=O)N2OS(=O)[O-]. The number of hydroxylamine groups is 3. The van der Waals surface area contributed by atoms with Crippen LogP contribution >= 0.6 is 0 Å². The molecule has 5 atom stereocenters. The van der Waals surface area contributed by atoms with Gasteiger partial charge in [-0.2, -0.15) is 9.35 Å². The number of amides is 3. The molecule has 4 saturated heterocycles. The Hall–Kier alpha value is -1.31. The van der Waals surface area contributed by atoms with Crippen LogP contribution in [0.1, 0.15) is 25.7 Å². The second-order valence-corrected chi connectivity index (χ2v) is 8.48. The van der Waals surface area contributed by atoms with E-state index in [1.165, 1.54) is 24.4 Å². The van der Waals surface area contributed by atoms with E-state index in [1.54, 1.807) is 0 Å². The molecule has 4 aliphatic heterocycles. The highest BCUT2D eigenvalue weighted by Gasteiger charge is 2.48. The van der Waals surface area contributed by atoms with E-state index in [1.807, 2.05) is 0 Å².